The fraction of sp³-hybridized carbons (Fsp3) is 0.379. The summed E-state index contributed by atoms with van der Waals surface area (Å²) < 4.78 is 21.1. The zero-order valence-electron chi connectivity index (χ0n) is 21.1. The number of methoxy groups -OCH3 is 1. The van der Waals surface area contributed by atoms with E-state index in [0.29, 0.717) is 24.2 Å². The molecule has 37 heavy (non-hydrogen) atoms. The molecule has 5 rings (SSSR count). The average molecular weight is 522 g/mol. The van der Waals surface area contributed by atoms with Gasteiger partial charge in [-0.2, -0.15) is 0 Å². The van der Waals surface area contributed by atoms with Gasteiger partial charge in [0.25, 0.3) is 0 Å². The molecule has 2 heterocycles. The van der Waals surface area contributed by atoms with Gasteiger partial charge >= 0.3 is 0 Å². The van der Waals surface area contributed by atoms with Crippen LogP contribution in [0.2, 0.25) is 5.02 Å². The van der Waals surface area contributed by atoms with Crippen LogP contribution in [-0.2, 0) is 11.3 Å². The minimum absolute atomic E-state index is 0.242. The highest BCUT2D eigenvalue weighted by Gasteiger charge is 2.26. The van der Waals surface area contributed by atoms with Crippen molar-refractivity contribution in [3.05, 3.63) is 77.5 Å². The minimum atomic E-state index is -0.242. The number of aromatic nitrogens is 3. The Morgan fingerprint density at radius 1 is 1.11 bits per heavy atom. The van der Waals surface area contributed by atoms with E-state index in [-0.39, 0.29) is 11.9 Å². The summed E-state index contributed by atoms with van der Waals surface area (Å²) >= 11 is 6.70. The van der Waals surface area contributed by atoms with E-state index in [2.05, 4.69) is 22.0 Å². The van der Waals surface area contributed by atoms with Gasteiger partial charge in [0.15, 0.2) is 0 Å². The van der Waals surface area contributed by atoms with Gasteiger partial charge in [0.1, 0.15) is 11.6 Å². The van der Waals surface area contributed by atoms with E-state index in [0.717, 1.165) is 72.2 Å². The number of nitrogens with two attached hydrogens (primary N) is 1. The van der Waals surface area contributed by atoms with Crippen molar-refractivity contribution in [2.45, 2.75) is 50.7 Å². The molecule has 1 saturated carbocycles. The number of imidazole rings is 1. The molecule has 2 N–H and O–H groups in total. The molecule has 194 valence electrons. The van der Waals surface area contributed by atoms with Gasteiger partial charge in [0, 0.05) is 50.7 Å². The summed E-state index contributed by atoms with van der Waals surface area (Å²) in [5, 5.41) is 0.599. The number of hydrogen-bond acceptors (Lipinski definition) is 5. The molecule has 0 aliphatic heterocycles. The van der Waals surface area contributed by atoms with Crippen LogP contribution in [0.25, 0.3) is 22.2 Å². The van der Waals surface area contributed by atoms with Crippen molar-refractivity contribution in [2.75, 3.05) is 25.2 Å². The monoisotopic (exact) mass is 521 g/mol. The molecule has 0 bridgehead atoms. The van der Waals surface area contributed by atoms with Gasteiger partial charge in [0.05, 0.1) is 22.4 Å². The van der Waals surface area contributed by atoms with Gasteiger partial charge in [-0.25, -0.2) is 14.4 Å². The van der Waals surface area contributed by atoms with E-state index in [1.807, 2.05) is 22.8 Å². The fourth-order valence-electron chi connectivity index (χ4n) is 5.26. The molecule has 0 radical (unpaired) electrons. The number of benzene rings is 2. The van der Waals surface area contributed by atoms with E-state index in [4.69, 9.17) is 27.1 Å². The second kappa shape index (κ2) is 11.6. The van der Waals surface area contributed by atoms with Crippen LogP contribution in [0.1, 0.15) is 37.7 Å². The van der Waals surface area contributed by atoms with Gasteiger partial charge < -0.3 is 19.9 Å². The molecular weight excluding hydrogens is 489 g/mol. The van der Waals surface area contributed by atoms with Crippen LogP contribution in [0.5, 0.6) is 0 Å². The third-order valence-corrected chi connectivity index (χ3v) is 7.54. The Morgan fingerprint density at radius 3 is 2.73 bits per heavy atom. The molecule has 8 heteroatoms. The fourth-order valence-corrected chi connectivity index (χ4v) is 5.48. The Morgan fingerprint density at radius 2 is 1.95 bits per heavy atom. The second-order valence-corrected chi connectivity index (χ2v) is 10.2. The van der Waals surface area contributed by atoms with Crippen LogP contribution in [0.4, 0.5) is 10.2 Å². The zero-order chi connectivity index (χ0) is 25.8. The maximum atomic E-state index is 13.7. The predicted molar refractivity (Wildman–Crippen MR) is 148 cm³/mol. The topological polar surface area (TPSA) is 69.2 Å². The number of ether oxygens (including phenoxy) is 1. The Hall–Kier alpha value is -3.00. The Labute approximate surface area is 222 Å². The summed E-state index contributed by atoms with van der Waals surface area (Å²) in [4.78, 5) is 11.7. The molecule has 2 aromatic heterocycles. The number of anilines is 1. The first-order chi connectivity index (χ1) is 18.0. The van der Waals surface area contributed by atoms with Crippen LogP contribution in [0.15, 0.2) is 61.1 Å². The number of rotatable bonds is 9. The lowest BCUT2D eigenvalue weighted by molar-refractivity contribution is 0.194. The Bertz CT molecular complexity index is 1350. The largest absolute Gasteiger partial charge is 0.385 e. The van der Waals surface area contributed by atoms with Crippen molar-refractivity contribution in [2.24, 2.45) is 5.73 Å². The molecule has 2 aromatic carbocycles. The van der Waals surface area contributed by atoms with E-state index in [9.17, 15) is 4.39 Å². The third-order valence-electron chi connectivity index (χ3n) is 7.24. The average Bonchev–Trinajstić information content (AvgIpc) is 3.30. The number of pyridine rings is 1. The van der Waals surface area contributed by atoms with Gasteiger partial charge in [-0.05, 0) is 73.6 Å². The van der Waals surface area contributed by atoms with E-state index >= 15 is 0 Å². The molecule has 0 amide bonds. The first kappa shape index (κ1) is 25.6. The maximum absolute atomic E-state index is 13.7. The molecule has 0 saturated heterocycles. The molecule has 6 nitrogen and oxygen atoms in total. The summed E-state index contributed by atoms with van der Waals surface area (Å²) in [6.45, 7) is 2.10. The van der Waals surface area contributed by atoms with Crippen LogP contribution in [0, 0.1) is 5.82 Å². The number of nitrogens with zero attached hydrogens (tertiary/aromatic N) is 4. The van der Waals surface area contributed by atoms with Gasteiger partial charge in [-0.15, -0.1) is 0 Å². The smallest absolute Gasteiger partial charge is 0.129 e. The zero-order valence-corrected chi connectivity index (χ0v) is 21.9. The van der Waals surface area contributed by atoms with Crippen molar-refractivity contribution in [1.82, 2.24) is 14.5 Å². The highest BCUT2D eigenvalue weighted by atomic mass is 35.5. The van der Waals surface area contributed by atoms with Crippen molar-refractivity contribution in [1.29, 1.82) is 0 Å². The summed E-state index contributed by atoms with van der Waals surface area (Å²) in [7, 11) is 1.73. The first-order valence-corrected chi connectivity index (χ1v) is 13.3. The highest BCUT2D eigenvalue weighted by molar-refractivity contribution is 6.33. The number of halogens is 2. The van der Waals surface area contributed by atoms with Crippen molar-refractivity contribution in [3.8, 4) is 11.1 Å². The quantitative estimate of drug-likeness (QED) is 0.271. The standard InChI is InChI=1S/C29H33ClFN5O/c1-37-13-3-12-36(24-9-7-23(32)8-10-24)29-16-25(26(30)17-33-29)21-6-11-27-28(15-21)35(19-34-27)18-20-4-2-5-22(31)14-20/h2,4-6,11,14-17,19,23-24H,3,7-10,12-13,18,32H2,1H3. The van der Waals surface area contributed by atoms with Gasteiger partial charge in [-0.1, -0.05) is 29.8 Å². The molecule has 1 aliphatic carbocycles. The molecule has 1 aliphatic rings. The minimum Gasteiger partial charge on any atom is -0.385 e. The van der Waals surface area contributed by atoms with Crippen molar-refractivity contribution < 1.29 is 9.13 Å². The summed E-state index contributed by atoms with van der Waals surface area (Å²) in [5.74, 6) is 0.679. The van der Waals surface area contributed by atoms with Crippen molar-refractivity contribution >= 4 is 28.5 Å². The predicted octanol–water partition coefficient (Wildman–Crippen LogP) is 6.05. The second-order valence-electron chi connectivity index (χ2n) is 9.84. The van der Waals surface area contributed by atoms with E-state index < -0.39 is 0 Å². The van der Waals surface area contributed by atoms with Crippen LogP contribution in [-0.4, -0.2) is 46.9 Å². The van der Waals surface area contributed by atoms with Gasteiger partial charge in [-0.3, -0.25) is 0 Å². The maximum Gasteiger partial charge on any atom is 0.129 e. The molecule has 1 fully saturated rings. The Balaban J connectivity index is 1.47. The molecule has 0 atom stereocenters. The lowest BCUT2D eigenvalue weighted by Gasteiger charge is -2.37. The molecule has 0 spiro atoms. The normalized spacial score (nSPS) is 17.8. The SMILES string of the molecule is COCCCN(c1cc(-c2ccc3ncn(Cc4cccc(F)c4)c3c2)c(Cl)cn1)C1CCC(N)CC1. The lowest BCUT2D eigenvalue weighted by atomic mass is 9.90. The molecular formula is C29H33ClFN5O. The van der Waals surface area contributed by atoms with Crippen molar-refractivity contribution in [3.63, 3.8) is 0 Å². The third kappa shape index (κ3) is 5.95. The van der Waals surface area contributed by atoms with E-state index in [1.54, 1.807) is 31.8 Å². The van der Waals surface area contributed by atoms with Crippen LogP contribution in [0.3, 0.4) is 0 Å². The molecule has 0 unspecified atom stereocenters. The summed E-state index contributed by atoms with van der Waals surface area (Å²) in [5.41, 5.74) is 10.8. The summed E-state index contributed by atoms with van der Waals surface area (Å²) in [6, 6.07) is 15.6. The van der Waals surface area contributed by atoms with Crippen LogP contribution >= 0.6 is 11.6 Å². The van der Waals surface area contributed by atoms with Gasteiger partial charge in [0.2, 0.25) is 0 Å². The van der Waals surface area contributed by atoms with Crippen LogP contribution < -0.4 is 10.6 Å². The van der Waals surface area contributed by atoms with E-state index in [1.165, 1.54) is 6.07 Å². The number of fused-ring (bicyclic) bond motifs is 1. The summed E-state index contributed by atoms with van der Waals surface area (Å²) in [6.07, 6.45) is 8.63. The molecule has 4 aromatic rings. The lowest BCUT2D eigenvalue weighted by Crippen LogP contribution is -2.42. The Kier molecular flexibility index (Phi) is 8.03. The highest BCUT2D eigenvalue weighted by Crippen LogP contribution is 2.34. The first-order valence-electron chi connectivity index (χ1n) is 12.9. The number of hydrogen-bond donors (Lipinski definition) is 1.